The molecule has 0 fully saturated rings. The van der Waals surface area contributed by atoms with Gasteiger partial charge >= 0.3 is 0 Å². The van der Waals surface area contributed by atoms with Crippen molar-refractivity contribution >= 4 is 32.6 Å². The van der Waals surface area contributed by atoms with Gasteiger partial charge in [0.2, 0.25) is 0 Å². The molecule has 1 aliphatic carbocycles. The number of benzene rings is 8. The van der Waals surface area contributed by atoms with Gasteiger partial charge in [0.25, 0.3) is 0 Å². The quantitative estimate of drug-likeness (QED) is 0.141. The number of rotatable bonds is 4. The Morgan fingerprint density at radius 3 is 1.82 bits per heavy atom. The molecule has 0 unspecified atom stereocenters. The third kappa shape index (κ3) is 4.09. The molecule has 0 saturated carbocycles. The Hall–Kier alpha value is -6.31. The van der Waals surface area contributed by atoms with E-state index in [1.807, 2.05) is 0 Å². The van der Waals surface area contributed by atoms with Crippen molar-refractivity contribution < 1.29 is 0 Å². The van der Waals surface area contributed by atoms with Crippen LogP contribution in [0, 0.1) is 0 Å². The summed E-state index contributed by atoms with van der Waals surface area (Å²) in [5.74, 6) is 0. The van der Waals surface area contributed by atoms with Crippen LogP contribution in [0.25, 0.3) is 66.0 Å². The smallest absolute Gasteiger partial charge is 0.0794 e. The van der Waals surface area contributed by atoms with Crippen molar-refractivity contribution in [2.45, 2.75) is 5.41 Å². The maximum atomic E-state index is 5.21. The largest absolute Gasteiger partial charge is 0.247 e. The van der Waals surface area contributed by atoms with E-state index in [9.17, 15) is 0 Å². The van der Waals surface area contributed by atoms with Gasteiger partial charge in [0.05, 0.1) is 16.4 Å². The molecule has 10 rings (SSSR count). The van der Waals surface area contributed by atoms with Gasteiger partial charge in [-0.05, 0) is 73.7 Å². The lowest BCUT2D eigenvalue weighted by molar-refractivity contribution is 0.769. The van der Waals surface area contributed by atoms with E-state index >= 15 is 0 Å². The molecule has 0 amide bonds. The zero-order chi connectivity index (χ0) is 32.4. The van der Waals surface area contributed by atoms with Crippen LogP contribution in [-0.4, -0.2) is 4.98 Å². The van der Waals surface area contributed by atoms with Crippen molar-refractivity contribution in [3.8, 4) is 33.4 Å². The van der Waals surface area contributed by atoms with E-state index < -0.39 is 5.41 Å². The van der Waals surface area contributed by atoms with E-state index in [-0.39, 0.29) is 0 Å². The van der Waals surface area contributed by atoms with Gasteiger partial charge in [0.15, 0.2) is 0 Å². The number of nitrogens with zero attached hydrogens (tertiary/aromatic N) is 1. The van der Waals surface area contributed by atoms with Crippen molar-refractivity contribution in [1.29, 1.82) is 0 Å². The minimum atomic E-state index is -0.430. The van der Waals surface area contributed by atoms with Gasteiger partial charge in [0, 0.05) is 21.7 Å². The highest BCUT2D eigenvalue weighted by atomic mass is 14.7. The van der Waals surface area contributed by atoms with Crippen LogP contribution in [0.1, 0.15) is 22.3 Å². The average molecular weight is 622 g/mol. The standard InChI is InChI=1S/C48H31N/c1-3-17-36(18-4-1)48(37-19-5-2-6-20-37)43-24-11-9-22-39(43)40-28-27-34(31-44(40)48)33-15-13-16-35(30-33)46-41-23-10-12-25-45(41)49-47-38-21-8-7-14-32(38)26-29-42(46)47/h1-31H. The number of fused-ring (bicyclic) bond motifs is 7. The molecule has 1 heteroatoms. The SMILES string of the molecule is c1ccc(C2(c3ccccc3)c3ccccc3-c3ccc(-c4cccc(-c5c6ccccc6nc6c5ccc5ccccc56)c4)cc32)cc1. The topological polar surface area (TPSA) is 12.9 Å². The van der Waals surface area contributed by atoms with E-state index in [1.165, 1.54) is 77.2 Å². The summed E-state index contributed by atoms with van der Waals surface area (Å²) in [5.41, 5.74) is 14.2. The van der Waals surface area contributed by atoms with Crippen molar-refractivity contribution in [3.63, 3.8) is 0 Å². The lowest BCUT2D eigenvalue weighted by atomic mass is 9.67. The maximum absolute atomic E-state index is 5.21. The van der Waals surface area contributed by atoms with Gasteiger partial charge in [-0.2, -0.15) is 0 Å². The summed E-state index contributed by atoms with van der Waals surface area (Å²) < 4.78 is 0. The molecule has 0 saturated heterocycles. The lowest BCUT2D eigenvalue weighted by Crippen LogP contribution is -2.28. The van der Waals surface area contributed by atoms with Gasteiger partial charge in [0.1, 0.15) is 0 Å². The number of hydrogen-bond acceptors (Lipinski definition) is 1. The van der Waals surface area contributed by atoms with Crippen molar-refractivity contribution in [1.82, 2.24) is 4.98 Å². The molecule has 0 bridgehead atoms. The Kier molecular flexibility index (Phi) is 6.16. The summed E-state index contributed by atoms with van der Waals surface area (Å²) in [5, 5.41) is 4.72. The maximum Gasteiger partial charge on any atom is 0.0794 e. The minimum absolute atomic E-state index is 0.430. The first-order valence-electron chi connectivity index (χ1n) is 17.0. The van der Waals surface area contributed by atoms with Gasteiger partial charge < -0.3 is 0 Å². The Bertz CT molecular complexity index is 2670. The first-order valence-corrected chi connectivity index (χ1v) is 17.0. The van der Waals surface area contributed by atoms with Gasteiger partial charge in [-0.1, -0.05) is 170 Å². The van der Waals surface area contributed by atoms with Crippen LogP contribution in [0.3, 0.4) is 0 Å². The molecule has 1 aliphatic rings. The van der Waals surface area contributed by atoms with Crippen LogP contribution in [0.5, 0.6) is 0 Å². The molecule has 0 aliphatic heterocycles. The summed E-state index contributed by atoms with van der Waals surface area (Å²) in [6.07, 6.45) is 0. The van der Waals surface area contributed by atoms with E-state index in [4.69, 9.17) is 4.98 Å². The Morgan fingerprint density at radius 2 is 1.00 bits per heavy atom. The zero-order valence-electron chi connectivity index (χ0n) is 26.8. The summed E-state index contributed by atoms with van der Waals surface area (Å²) in [7, 11) is 0. The molecule has 49 heavy (non-hydrogen) atoms. The molecule has 0 radical (unpaired) electrons. The van der Waals surface area contributed by atoms with Crippen molar-refractivity contribution in [2.75, 3.05) is 0 Å². The number of para-hydroxylation sites is 1. The molecule has 1 nitrogen and oxygen atoms in total. The van der Waals surface area contributed by atoms with Crippen LogP contribution in [0.15, 0.2) is 188 Å². The predicted molar refractivity (Wildman–Crippen MR) is 205 cm³/mol. The molecule has 0 atom stereocenters. The van der Waals surface area contributed by atoms with Gasteiger partial charge in [-0.3, -0.25) is 0 Å². The van der Waals surface area contributed by atoms with Crippen LogP contribution >= 0.6 is 0 Å². The van der Waals surface area contributed by atoms with Crippen LogP contribution in [-0.2, 0) is 5.41 Å². The van der Waals surface area contributed by atoms with Crippen LogP contribution in [0.4, 0.5) is 0 Å². The highest BCUT2D eigenvalue weighted by molar-refractivity contribution is 6.17. The predicted octanol–water partition coefficient (Wildman–Crippen LogP) is 12.2. The third-order valence-electron chi connectivity index (χ3n) is 10.5. The Balaban J connectivity index is 1.22. The van der Waals surface area contributed by atoms with Gasteiger partial charge in [-0.15, -0.1) is 0 Å². The lowest BCUT2D eigenvalue weighted by Gasteiger charge is -2.34. The molecule has 228 valence electrons. The van der Waals surface area contributed by atoms with Crippen LogP contribution in [0.2, 0.25) is 0 Å². The second-order valence-corrected chi connectivity index (χ2v) is 13.1. The fourth-order valence-electron chi connectivity index (χ4n) is 8.41. The molecule has 9 aromatic rings. The molecule has 1 heterocycles. The summed E-state index contributed by atoms with van der Waals surface area (Å²) >= 11 is 0. The third-order valence-corrected chi connectivity index (χ3v) is 10.5. The fraction of sp³-hybridized carbons (Fsp3) is 0.0208. The second kappa shape index (κ2) is 10.9. The zero-order valence-corrected chi connectivity index (χ0v) is 26.8. The Morgan fingerprint density at radius 1 is 0.367 bits per heavy atom. The first kappa shape index (κ1) is 27.8. The average Bonchev–Trinajstić information content (AvgIpc) is 3.48. The number of hydrogen-bond donors (Lipinski definition) is 0. The van der Waals surface area contributed by atoms with Crippen molar-refractivity contribution in [2.24, 2.45) is 0 Å². The molecule has 8 aromatic carbocycles. The van der Waals surface area contributed by atoms with E-state index in [1.54, 1.807) is 0 Å². The highest BCUT2D eigenvalue weighted by Crippen LogP contribution is 2.56. The van der Waals surface area contributed by atoms with E-state index in [0.29, 0.717) is 0 Å². The summed E-state index contributed by atoms with van der Waals surface area (Å²) in [4.78, 5) is 5.21. The van der Waals surface area contributed by atoms with E-state index in [2.05, 4.69) is 188 Å². The van der Waals surface area contributed by atoms with E-state index in [0.717, 1.165) is 11.0 Å². The molecular formula is C48H31N. The monoisotopic (exact) mass is 621 g/mol. The summed E-state index contributed by atoms with van der Waals surface area (Å²) in [6.45, 7) is 0. The molecule has 0 N–H and O–H groups in total. The fourth-order valence-corrected chi connectivity index (χ4v) is 8.41. The molecular weight excluding hydrogens is 591 g/mol. The number of aromatic nitrogens is 1. The molecule has 0 spiro atoms. The second-order valence-electron chi connectivity index (χ2n) is 13.1. The minimum Gasteiger partial charge on any atom is -0.247 e. The number of pyridine rings is 1. The highest BCUT2D eigenvalue weighted by Gasteiger charge is 2.46. The molecule has 1 aromatic heterocycles. The van der Waals surface area contributed by atoms with Crippen molar-refractivity contribution in [3.05, 3.63) is 210 Å². The van der Waals surface area contributed by atoms with Crippen LogP contribution < -0.4 is 0 Å². The van der Waals surface area contributed by atoms with Gasteiger partial charge in [-0.25, -0.2) is 4.98 Å². The first-order chi connectivity index (χ1) is 24.3. The Labute approximate surface area is 285 Å². The normalized spacial score (nSPS) is 13.1. The summed E-state index contributed by atoms with van der Waals surface area (Å²) in [6, 6.07) is 68.7.